The smallest absolute Gasteiger partial charge is 0.317 e. The Morgan fingerprint density at radius 1 is 1.12 bits per heavy atom. The number of hydrogen-bond acceptors (Lipinski definition) is 5. The first-order chi connectivity index (χ1) is 12.3. The van der Waals surface area contributed by atoms with E-state index in [1.165, 1.54) is 19.3 Å². The fourth-order valence-corrected chi connectivity index (χ4v) is 3.72. The minimum atomic E-state index is 0.0768. The molecule has 0 aromatic carbocycles. The lowest BCUT2D eigenvalue weighted by Gasteiger charge is -2.27. The molecule has 25 heavy (non-hydrogen) atoms. The van der Waals surface area contributed by atoms with Crippen molar-refractivity contribution in [1.29, 1.82) is 0 Å². The molecule has 0 radical (unpaired) electrons. The number of nitrogens with zero attached hydrogens (tertiary/aromatic N) is 4. The van der Waals surface area contributed by atoms with Crippen LogP contribution in [0.15, 0.2) is 22.7 Å². The molecule has 0 atom stereocenters. The largest absolute Gasteiger partial charge is 0.422 e. The molecular formula is C18H25N5O2. The Bertz CT molecular complexity index is 692. The molecule has 2 amide bonds. The molecule has 1 aliphatic heterocycles. The number of urea groups is 1. The van der Waals surface area contributed by atoms with Crippen LogP contribution in [0, 0.1) is 0 Å². The fourth-order valence-electron chi connectivity index (χ4n) is 3.72. The third kappa shape index (κ3) is 3.70. The standard InChI is InChI=1S/C18H25N5O2/c24-17(20-14-6-2-1-3-7-14)22-10-5-11-23(13-12-22)18-21-16-15(25-18)8-4-9-19-16/h4,8-9,14H,1-3,5-7,10-13H2,(H,20,24). The van der Waals surface area contributed by atoms with Crippen molar-refractivity contribution in [2.75, 3.05) is 31.1 Å². The Hall–Kier alpha value is -2.31. The van der Waals surface area contributed by atoms with Gasteiger partial charge in [-0.25, -0.2) is 9.78 Å². The number of rotatable bonds is 2. The minimum absolute atomic E-state index is 0.0768. The van der Waals surface area contributed by atoms with E-state index in [4.69, 9.17) is 4.42 Å². The van der Waals surface area contributed by atoms with E-state index in [0.29, 0.717) is 29.8 Å². The van der Waals surface area contributed by atoms with Gasteiger partial charge >= 0.3 is 6.03 Å². The summed E-state index contributed by atoms with van der Waals surface area (Å²) in [6.45, 7) is 3.02. The van der Waals surface area contributed by atoms with Crippen LogP contribution < -0.4 is 10.2 Å². The molecule has 1 saturated carbocycles. The van der Waals surface area contributed by atoms with E-state index in [1.54, 1.807) is 6.20 Å². The van der Waals surface area contributed by atoms with Gasteiger partial charge in [-0.15, -0.1) is 0 Å². The second-order valence-electron chi connectivity index (χ2n) is 6.93. The molecule has 1 N–H and O–H groups in total. The topological polar surface area (TPSA) is 74.5 Å². The van der Waals surface area contributed by atoms with Crippen LogP contribution in [-0.2, 0) is 0 Å². The van der Waals surface area contributed by atoms with E-state index >= 15 is 0 Å². The highest BCUT2D eigenvalue weighted by atomic mass is 16.4. The maximum absolute atomic E-state index is 12.6. The zero-order chi connectivity index (χ0) is 17.1. The third-order valence-corrected chi connectivity index (χ3v) is 5.14. The summed E-state index contributed by atoms with van der Waals surface area (Å²) in [5.41, 5.74) is 1.34. The Morgan fingerprint density at radius 2 is 2.00 bits per heavy atom. The Balaban J connectivity index is 1.37. The van der Waals surface area contributed by atoms with Crippen molar-refractivity contribution < 1.29 is 9.21 Å². The average Bonchev–Trinajstić information content (AvgIpc) is 2.91. The Labute approximate surface area is 147 Å². The van der Waals surface area contributed by atoms with E-state index < -0.39 is 0 Å². The van der Waals surface area contributed by atoms with Gasteiger partial charge in [-0.2, -0.15) is 4.98 Å². The normalized spacial score (nSPS) is 19.8. The summed E-state index contributed by atoms with van der Waals surface area (Å²) in [5.74, 6) is 0. The van der Waals surface area contributed by atoms with Gasteiger partial charge in [-0.3, -0.25) is 0 Å². The summed E-state index contributed by atoms with van der Waals surface area (Å²) in [6, 6.07) is 4.75. The Morgan fingerprint density at radius 3 is 2.84 bits per heavy atom. The molecule has 1 aliphatic carbocycles. The molecule has 0 spiro atoms. The maximum Gasteiger partial charge on any atom is 0.317 e. The summed E-state index contributed by atoms with van der Waals surface area (Å²) in [6.07, 6.45) is 8.60. The van der Waals surface area contributed by atoms with E-state index in [1.807, 2.05) is 17.0 Å². The number of aromatic nitrogens is 2. The van der Waals surface area contributed by atoms with Crippen LogP contribution in [0.2, 0.25) is 0 Å². The molecule has 2 aromatic rings. The van der Waals surface area contributed by atoms with Crippen molar-refractivity contribution in [2.45, 2.75) is 44.6 Å². The lowest BCUT2D eigenvalue weighted by atomic mass is 9.96. The van der Waals surface area contributed by atoms with Crippen LogP contribution in [0.1, 0.15) is 38.5 Å². The first-order valence-corrected chi connectivity index (χ1v) is 9.31. The zero-order valence-corrected chi connectivity index (χ0v) is 14.5. The van der Waals surface area contributed by atoms with E-state index in [0.717, 1.165) is 38.9 Å². The molecule has 0 unspecified atom stereocenters. The van der Waals surface area contributed by atoms with Gasteiger partial charge in [0.1, 0.15) is 0 Å². The van der Waals surface area contributed by atoms with Gasteiger partial charge < -0.3 is 19.5 Å². The second-order valence-corrected chi connectivity index (χ2v) is 6.93. The number of carbonyl (C=O) groups excluding carboxylic acids is 1. The van der Waals surface area contributed by atoms with Crippen LogP contribution in [0.4, 0.5) is 10.8 Å². The summed E-state index contributed by atoms with van der Waals surface area (Å²) in [4.78, 5) is 25.3. The quantitative estimate of drug-likeness (QED) is 0.907. The van der Waals surface area contributed by atoms with Gasteiger partial charge in [0, 0.05) is 38.4 Å². The van der Waals surface area contributed by atoms with E-state index in [2.05, 4.69) is 20.2 Å². The molecule has 0 bridgehead atoms. The molecule has 2 aromatic heterocycles. The molecule has 7 nitrogen and oxygen atoms in total. The molecule has 3 heterocycles. The summed E-state index contributed by atoms with van der Waals surface area (Å²) in [7, 11) is 0. The number of nitrogens with one attached hydrogen (secondary N) is 1. The third-order valence-electron chi connectivity index (χ3n) is 5.14. The number of anilines is 1. The molecule has 4 rings (SSSR count). The molecule has 134 valence electrons. The number of oxazole rings is 1. The summed E-state index contributed by atoms with van der Waals surface area (Å²) in [5, 5.41) is 3.21. The van der Waals surface area contributed by atoms with Crippen molar-refractivity contribution in [2.24, 2.45) is 0 Å². The van der Waals surface area contributed by atoms with Crippen LogP contribution >= 0.6 is 0 Å². The number of fused-ring (bicyclic) bond motifs is 1. The van der Waals surface area contributed by atoms with Crippen molar-refractivity contribution in [1.82, 2.24) is 20.2 Å². The average molecular weight is 343 g/mol. The lowest BCUT2D eigenvalue weighted by molar-refractivity contribution is 0.193. The van der Waals surface area contributed by atoms with Crippen molar-refractivity contribution >= 4 is 23.3 Å². The van der Waals surface area contributed by atoms with E-state index in [-0.39, 0.29) is 6.03 Å². The van der Waals surface area contributed by atoms with Crippen LogP contribution in [0.5, 0.6) is 0 Å². The molecular weight excluding hydrogens is 318 g/mol. The number of hydrogen-bond donors (Lipinski definition) is 1. The lowest BCUT2D eigenvalue weighted by Crippen LogP contribution is -2.46. The SMILES string of the molecule is O=C(NC1CCCCC1)N1CCCN(c2nc3ncccc3o2)CC1. The zero-order valence-electron chi connectivity index (χ0n) is 14.5. The molecule has 2 aliphatic rings. The molecule has 7 heteroatoms. The monoisotopic (exact) mass is 343 g/mol. The first kappa shape index (κ1) is 16.2. The van der Waals surface area contributed by atoms with Crippen LogP contribution in [0.25, 0.3) is 11.2 Å². The van der Waals surface area contributed by atoms with Crippen LogP contribution in [0.3, 0.4) is 0 Å². The van der Waals surface area contributed by atoms with Crippen molar-refractivity contribution in [3.8, 4) is 0 Å². The highest BCUT2D eigenvalue weighted by Crippen LogP contribution is 2.22. The number of carbonyl (C=O) groups is 1. The van der Waals surface area contributed by atoms with Gasteiger partial charge in [-0.05, 0) is 31.4 Å². The molecule has 1 saturated heterocycles. The van der Waals surface area contributed by atoms with Crippen molar-refractivity contribution in [3.05, 3.63) is 18.3 Å². The van der Waals surface area contributed by atoms with Crippen LogP contribution in [-0.4, -0.2) is 53.1 Å². The summed E-state index contributed by atoms with van der Waals surface area (Å²) < 4.78 is 5.81. The maximum atomic E-state index is 12.6. The minimum Gasteiger partial charge on any atom is -0.422 e. The van der Waals surface area contributed by atoms with Crippen molar-refractivity contribution in [3.63, 3.8) is 0 Å². The predicted octanol–water partition coefficient (Wildman–Crippen LogP) is 2.78. The second kappa shape index (κ2) is 7.29. The highest BCUT2D eigenvalue weighted by molar-refractivity contribution is 5.74. The van der Waals surface area contributed by atoms with Gasteiger partial charge in [0.25, 0.3) is 6.01 Å². The van der Waals surface area contributed by atoms with Gasteiger partial charge in [0.15, 0.2) is 5.58 Å². The van der Waals surface area contributed by atoms with Gasteiger partial charge in [0.05, 0.1) is 0 Å². The molecule has 2 fully saturated rings. The number of amides is 2. The van der Waals surface area contributed by atoms with Gasteiger partial charge in [-0.1, -0.05) is 19.3 Å². The highest BCUT2D eigenvalue weighted by Gasteiger charge is 2.24. The van der Waals surface area contributed by atoms with Gasteiger partial charge in [0.2, 0.25) is 5.65 Å². The summed E-state index contributed by atoms with van der Waals surface area (Å²) >= 11 is 0. The first-order valence-electron chi connectivity index (χ1n) is 9.31. The van der Waals surface area contributed by atoms with E-state index in [9.17, 15) is 4.79 Å². The predicted molar refractivity (Wildman–Crippen MR) is 95.6 cm³/mol. The Kier molecular flexibility index (Phi) is 4.72. The number of pyridine rings is 1. The fraction of sp³-hybridized carbons (Fsp3) is 0.611.